The van der Waals surface area contributed by atoms with Gasteiger partial charge < -0.3 is 5.73 Å². The number of hydrogen-bond donors (Lipinski definition) is 1. The molecule has 0 bridgehead atoms. The number of nitrogen functional groups attached to an aromatic ring is 1. The third kappa shape index (κ3) is 2.65. The van der Waals surface area contributed by atoms with Crippen LogP contribution < -0.4 is 5.73 Å². The molecule has 20 heavy (non-hydrogen) atoms. The SMILES string of the molecule is Nc1ccc2c(c1)CN(Cc1ccc(F)c(F)c1)CC2. The summed E-state index contributed by atoms with van der Waals surface area (Å²) >= 11 is 0. The standard InChI is InChI=1S/C16H16F2N2/c17-15-4-1-11(7-16(15)18)9-20-6-5-12-2-3-14(19)8-13(12)10-20/h1-4,7-8H,5-6,9-10,19H2. The Bertz CT molecular complexity index is 640. The highest BCUT2D eigenvalue weighted by molar-refractivity contribution is 5.45. The molecule has 1 heterocycles. The first kappa shape index (κ1) is 13.1. The predicted molar refractivity (Wildman–Crippen MR) is 75.0 cm³/mol. The summed E-state index contributed by atoms with van der Waals surface area (Å²) < 4.78 is 26.1. The predicted octanol–water partition coefficient (Wildman–Crippen LogP) is 3.11. The lowest BCUT2D eigenvalue weighted by Crippen LogP contribution is -2.30. The van der Waals surface area contributed by atoms with Crippen molar-refractivity contribution in [1.82, 2.24) is 4.90 Å². The van der Waals surface area contributed by atoms with E-state index in [1.165, 1.54) is 23.3 Å². The van der Waals surface area contributed by atoms with Gasteiger partial charge >= 0.3 is 0 Å². The van der Waals surface area contributed by atoms with Crippen LogP contribution in [0.25, 0.3) is 0 Å². The van der Waals surface area contributed by atoms with Crippen LogP contribution in [0.3, 0.4) is 0 Å². The van der Waals surface area contributed by atoms with Crippen LogP contribution in [0.1, 0.15) is 16.7 Å². The van der Waals surface area contributed by atoms with Crippen molar-refractivity contribution in [1.29, 1.82) is 0 Å². The molecule has 0 aliphatic carbocycles. The van der Waals surface area contributed by atoms with Crippen LogP contribution in [-0.2, 0) is 19.5 Å². The fraction of sp³-hybridized carbons (Fsp3) is 0.250. The minimum atomic E-state index is -0.800. The molecule has 1 aliphatic rings. The summed E-state index contributed by atoms with van der Waals surface area (Å²) in [5.41, 5.74) is 9.90. The van der Waals surface area contributed by atoms with Gasteiger partial charge in [0.05, 0.1) is 0 Å². The highest BCUT2D eigenvalue weighted by atomic mass is 19.2. The Morgan fingerprint density at radius 1 is 1.00 bits per heavy atom. The zero-order valence-electron chi connectivity index (χ0n) is 11.1. The summed E-state index contributed by atoms with van der Waals surface area (Å²) in [7, 11) is 0. The molecule has 0 radical (unpaired) electrons. The first-order chi connectivity index (χ1) is 9.61. The Hall–Kier alpha value is -1.94. The lowest BCUT2D eigenvalue weighted by molar-refractivity contribution is 0.245. The number of hydrogen-bond acceptors (Lipinski definition) is 2. The van der Waals surface area contributed by atoms with Gasteiger partial charge in [-0.15, -0.1) is 0 Å². The number of rotatable bonds is 2. The topological polar surface area (TPSA) is 29.3 Å². The molecular weight excluding hydrogens is 258 g/mol. The maximum absolute atomic E-state index is 13.2. The lowest BCUT2D eigenvalue weighted by atomic mass is 9.98. The van der Waals surface area contributed by atoms with Gasteiger partial charge in [-0.1, -0.05) is 12.1 Å². The van der Waals surface area contributed by atoms with Crippen molar-refractivity contribution in [3.05, 3.63) is 64.7 Å². The van der Waals surface area contributed by atoms with E-state index in [-0.39, 0.29) is 0 Å². The lowest BCUT2D eigenvalue weighted by Gasteiger charge is -2.29. The molecule has 0 atom stereocenters. The minimum absolute atomic E-state index is 0.617. The largest absolute Gasteiger partial charge is 0.399 e. The summed E-state index contributed by atoms with van der Waals surface area (Å²) in [6, 6.07) is 10.1. The van der Waals surface area contributed by atoms with E-state index in [9.17, 15) is 8.78 Å². The van der Waals surface area contributed by atoms with Gasteiger partial charge in [0.25, 0.3) is 0 Å². The Kier molecular flexibility index (Phi) is 3.40. The highest BCUT2D eigenvalue weighted by Gasteiger charge is 2.16. The van der Waals surface area contributed by atoms with Crippen LogP contribution >= 0.6 is 0 Å². The van der Waals surface area contributed by atoms with Gasteiger partial charge in [-0.05, 0) is 47.4 Å². The molecule has 2 aromatic carbocycles. The molecule has 0 spiro atoms. The van der Waals surface area contributed by atoms with Crippen LogP contribution in [0.5, 0.6) is 0 Å². The zero-order chi connectivity index (χ0) is 14.1. The smallest absolute Gasteiger partial charge is 0.159 e. The quantitative estimate of drug-likeness (QED) is 0.853. The molecule has 4 heteroatoms. The maximum atomic E-state index is 13.2. The molecule has 3 rings (SSSR count). The molecular formula is C16H16F2N2. The zero-order valence-corrected chi connectivity index (χ0v) is 11.1. The van der Waals surface area contributed by atoms with Gasteiger partial charge in [0, 0.05) is 25.3 Å². The Balaban J connectivity index is 1.75. The van der Waals surface area contributed by atoms with Gasteiger partial charge in [-0.2, -0.15) is 0 Å². The second kappa shape index (κ2) is 5.21. The molecule has 0 fully saturated rings. The van der Waals surface area contributed by atoms with E-state index in [1.54, 1.807) is 6.07 Å². The number of nitrogens with two attached hydrogens (primary N) is 1. The van der Waals surface area contributed by atoms with Gasteiger partial charge in [-0.25, -0.2) is 8.78 Å². The van der Waals surface area contributed by atoms with Crippen molar-refractivity contribution in [2.75, 3.05) is 12.3 Å². The summed E-state index contributed by atoms with van der Waals surface area (Å²) in [5, 5.41) is 0. The number of nitrogens with zero attached hydrogens (tertiary/aromatic N) is 1. The molecule has 0 saturated carbocycles. The highest BCUT2D eigenvalue weighted by Crippen LogP contribution is 2.23. The average molecular weight is 274 g/mol. The third-order valence-corrected chi connectivity index (χ3v) is 3.71. The van der Waals surface area contributed by atoms with E-state index in [1.807, 2.05) is 12.1 Å². The molecule has 104 valence electrons. The second-order valence-corrected chi connectivity index (χ2v) is 5.24. The third-order valence-electron chi connectivity index (χ3n) is 3.71. The Morgan fingerprint density at radius 2 is 1.85 bits per heavy atom. The Labute approximate surface area is 116 Å². The average Bonchev–Trinajstić information content (AvgIpc) is 2.42. The number of halogens is 2. The second-order valence-electron chi connectivity index (χ2n) is 5.24. The van der Waals surface area contributed by atoms with E-state index in [0.717, 1.165) is 30.8 Å². The summed E-state index contributed by atoms with van der Waals surface area (Å²) in [6.07, 6.45) is 0.958. The number of fused-ring (bicyclic) bond motifs is 1. The van der Waals surface area contributed by atoms with Crippen LogP contribution in [0, 0.1) is 11.6 Å². The fourth-order valence-electron chi connectivity index (χ4n) is 2.67. The van der Waals surface area contributed by atoms with E-state index in [4.69, 9.17) is 5.73 Å². The van der Waals surface area contributed by atoms with E-state index in [0.29, 0.717) is 6.54 Å². The van der Waals surface area contributed by atoms with Crippen molar-refractivity contribution in [2.45, 2.75) is 19.5 Å². The van der Waals surface area contributed by atoms with Crippen LogP contribution in [0.2, 0.25) is 0 Å². The molecule has 1 aliphatic heterocycles. The van der Waals surface area contributed by atoms with Crippen molar-refractivity contribution in [3.63, 3.8) is 0 Å². The van der Waals surface area contributed by atoms with Gasteiger partial charge in [-0.3, -0.25) is 4.90 Å². The van der Waals surface area contributed by atoms with Crippen molar-refractivity contribution in [3.8, 4) is 0 Å². The summed E-state index contributed by atoms with van der Waals surface area (Å²) in [4.78, 5) is 2.22. The molecule has 0 saturated heterocycles. The van der Waals surface area contributed by atoms with E-state index < -0.39 is 11.6 Å². The number of anilines is 1. The molecule has 2 nitrogen and oxygen atoms in total. The first-order valence-electron chi connectivity index (χ1n) is 6.65. The summed E-state index contributed by atoms with van der Waals surface area (Å²) in [6.45, 7) is 2.32. The molecule has 0 aromatic heterocycles. The normalized spacial score (nSPS) is 15.1. The Morgan fingerprint density at radius 3 is 2.65 bits per heavy atom. The van der Waals surface area contributed by atoms with E-state index >= 15 is 0 Å². The fourth-order valence-corrected chi connectivity index (χ4v) is 2.67. The van der Waals surface area contributed by atoms with Gasteiger partial charge in [0.15, 0.2) is 11.6 Å². The van der Waals surface area contributed by atoms with Crippen LogP contribution in [0.15, 0.2) is 36.4 Å². The maximum Gasteiger partial charge on any atom is 0.159 e. The molecule has 2 aromatic rings. The first-order valence-corrected chi connectivity index (χ1v) is 6.65. The van der Waals surface area contributed by atoms with Gasteiger partial charge in [0.2, 0.25) is 0 Å². The van der Waals surface area contributed by atoms with Crippen LogP contribution in [-0.4, -0.2) is 11.4 Å². The molecule has 2 N–H and O–H groups in total. The van der Waals surface area contributed by atoms with Gasteiger partial charge in [0.1, 0.15) is 0 Å². The van der Waals surface area contributed by atoms with E-state index in [2.05, 4.69) is 11.0 Å². The molecule has 0 amide bonds. The van der Waals surface area contributed by atoms with Crippen molar-refractivity contribution in [2.24, 2.45) is 0 Å². The molecule has 0 unspecified atom stereocenters. The monoisotopic (exact) mass is 274 g/mol. The number of benzene rings is 2. The minimum Gasteiger partial charge on any atom is -0.399 e. The van der Waals surface area contributed by atoms with Crippen molar-refractivity contribution >= 4 is 5.69 Å². The van der Waals surface area contributed by atoms with Crippen molar-refractivity contribution < 1.29 is 8.78 Å². The summed E-state index contributed by atoms with van der Waals surface area (Å²) in [5.74, 6) is -1.59. The van der Waals surface area contributed by atoms with Crippen LogP contribution in [0.4, 0.5) is 14.5 Å².